The molecule has 3 aromatic carbocycles. The number of aryl methyl sites for hydroxylation is 3. The Morgan fingerprint density at radius 3 is 2.47 bits per heavy atom. The van der Waals surface area contributed by atoms with E-state index in [0.29, 0.717) is 18.7 Å². The number of hydrogen-bond acceptors (Lipinski definition) is 2. The minimum atomic E-state index is -0.262. The number of fused-ring (bicyclic) bond motifs is 1. The molecular weight excluding hydrogens is 377 g/mol. The second-order valence-electron chi connectivity index (χ2n) is 7.59. The van der Waals surface area contributed by atoms with Gasteiger partial charge in [-0.2, -0.15) is 5.10 Å². The number of nitrogens with zero attached hydrogens (tertiary/aromatic N) is 3. The maximum absolute atomic E-state index is 13.7. The number of anilines is 1. The van der Waals surface area contributed by atoms with E-state index >= 15 is 0 Å². The molecule has 0 saturated heterocycles. The third-order valence-electron chi connectivity index (χ3n) is 5.53. The molecule has 4 aromatic rings. The van der Waals surface area contributed by atoms with Crippen molar-refractivity contribution in [1.29, 1.82) is 0 Å². The van der Waals surface area contributed by atoms with Crippen LogP contribution in [0.4, 0.5) is 10.1 Å². The van der Waals surface area contributed by atoms with Gasteiger partial charge in [-0.15, -0.1) is 0 Å². The van der Waals surface area contributed by atoms with Gasteiger partial charge in [0.15, 0.2) is 0 Å². The summed E-state index contributed by atoms with van der Waals surface area (Å²) >= 11 is 0. The fourth-order valence-electron chi connectivity index (χ4n) is 3.66. The molecule has 0 aliphatic heterocycles. The first-order valence-electron chi connectivity index (χ1n) is 9.99. The summed E-state index contributed by atoms with van der Waals surface area (Å²) in [4.78, 5) is 15.5. The van der Waals surface area contributed by atoms with Crippen LogP contribution in [-0.2, 0) is 13.5 Å². The lowest BCUT2D eigenvalue weighted by atomic mass is 10.1. The molecule has 0 unspecified atom stereocenters. The van der Waals surface area contributed by atoms with E-state index in [-0.39, 0.29) is 11.7 Å². The average Bonchev–Trinajstić information content (AvgIpc) is 3.07. The van der Waals surface area contributed by atoms with Crippen molar-refractivity contribution in [1.82, 2.24) is 9.78 Å². The number of aromatic nitrogens is 2. The molecule has 0 spiro atoms. The van der Waals surface area contributed by atoms with Crippen molar-refractivity contribution in [3.8, 4) is 0 Å². The van der Waals surface area contributed by atoms with Gasteiger partial charge in [-0.25, -0.2) is 4.39 Å². The van der Waals surface area contributed by atoms with Gasteiger partial charge in [0.05, 0.1) is 5.52 Å². The Hall–Kier alpha value is -3.47. The van der Waals surface area contributed by atoms with Crippen LogP contribution in [0.5, 0.6) is 0 Å². The highest BCUT2D eigenvalue weighted by atomic mass is 19.1. The smallest absolute Gasteiger partial charge is 0.277 e. The minimum absolute atomic E-state index is 0.100. The van der Waals surface area contributed by atoms with Crippen LogP contribution in [0.2, 0.25) is 0 Å². The summed E-state index contributed by atoms with van der Waals surface area (Å²) in [5.74, 6) is -0.362. The molecule has 0 saturated carbocycles. The monoisotopic (exact) mass is 401 g/mol. The van der Waals surface area contributed by atoms with Gasteiger partial charge in [0.1, 0.15) is 11.5 Å². The zero-order valence-corrected chi connectivity index (χ0v) is 17.4. The molecule has 0 fully saturated rings. The quantitative estimate of drug-likeness (QED) is 0.460. The van der Waals surface area contributed by atoms with E-state index in [2.05, 4.69) is 12.0 Å². The maximum Gasteiger partial charge on any atom is 0.277 e. The van der Waals surface area contributed by atoms with E-state index in [1.165, 1.54) is 17.7 Å². The number of benzene rings is 3. The fraction of sp³-hybridized carbons (Fsp3) is 0.200. The molecule has 1 amide bonds. The van der Waals surface area contributed by atoms with Gasteiger partial charge >= 0.3 is 0 Å². The molecule has 4 nitrogen and oxygen atoms in total. The van der Waals surface area contributed by atoms with E-state index < -0.39 is 0 Å². The first-order chi connectivity index (χ1) is 14.4. The van der Waals surface area contributed by atoms with Crippen molar-refractivity contribution >= 4 is 22.5 Å². The van der Waals surface area contributed by atoms with Crippen LogP contribution in [0.3, 0.4) is 0 Å². The van der Waals surface area contributed by atoms with E-state index in [0.717, 1.165) is 27.7 Å². The van der Waals surface area contributed by atoms with Crippen molar-refractivity contribution in [2.45, 2.75) is 20.3 Å². The lowest BCUT2D eigenvalue weighted by Crippen LogP contribution is -2.34. The van der Waals surface area contributed by atoms with E-state index in [4.69, 9.17) is 0 Å². The van der Waals surface area contributed by atoms with Crippen molar-refractivity contribution in [3.63, 3.8) is 0 Å². The molecule has 0 aliphatic carbocycles. The first-order valence-corrected chi connectivity index (χ1v) is 9.99. The number of rotatable bonds is 5. The van der Waals surface area contributed by atoms with Gasteiger partial charge in [0.25, 0.3) is 5.91 Å². The molecule has 0 N–H and O–H groups in total. The Balaban J connectivity index is 1.73. The summed E-state index contributed by atoms with van der Waals surface area (Å²) in [7, 11) is 1.80. The lowest BCUT2D eigenvalue weighted by Gasteiger charge is -2.24. The largest absolute Gasteiger partial charge is 0.307 e. The van der Waals surface area contributed by atoms with Crippen LogP contribution in [0.25, 0.3) is 10.9 Å². The molecule has 152 valence electrons. The van der Waals surface area contributed by atoms with E-state index in [1.807, 2.05) is 49.4 Å². The number of halogens is 1. The Morgan fingerprint density at radius 2 is 1.73 bits per heavy atom. The molecule has 0 bridgehead atoms. The van der Waals surface area contributed by atoms with Crippen LogP contribution in [0.15, 0.2) is 66.7 Å². The van der Waals surface area contributed by atoms with Crippen LogP contribution in [0.1, 0.15) is 27.2 Å². The van der Waals surface area contributed by atoms with Crippen molar-refractivity contribution < 1.29 is 9.18 Å². The summed E-state index contributed by atoms with van der Waals surface area (Å²) in [5.41, 5.74) is 5.48. The van der Waals surface area contributed by atoms with Gasteiger partial charge in [-0.05, 0) is 67.3 Å². The summed E-state index contributed by atoms with van der Waals surface area (Å²) < 4.78 is 14.9. The molecule has 5 heteroatoms. The van der Waals surface area contributed by atoms with Crippen molar-refractivity contribution in [2.75, 3.05) is 11.4 Å². The number of carbonyl (C=O) groups is 1. The predicted molar refractivity (Wildman–Crippen MR) is 118 cm³/mol. The highest BCUT2D eigenvalue weighted by Crippen LogP contribution is 2.25. The standard InChI is InChI=1S/C25H24FN3O/c1-17-8-13-21(16-18(17)2)29(15-14-19-9-11-20(26)12-10-19)25(30)24-22-6-4-5-7-23(22)27-28(24)3/h4-13,16H,14-15H2,1-3H3. The van der Waals surface area contributed by atoms with Gasteiger partial charge < -0.3 is 4.90 Å². The fourth-order valence-corrected chi connectivity index (χ4v) is 3.66. The average molecular weight is 401 g/mol. The zero-order valence-electron chi connectivity index (χ0n) is 17.4. The van der Waals surface area contributed by atoms with Gasteiger partial charge in [0, 0.05) is 24.7 Å². The van der Waals surface area contributed by atoms with Crippen LogP contribution < -0.4 is 4.90 Å². The van der Waals surface area contributed by atoms with Gasteiger partial charge in [-0.1, -0.05) is 36.4 Å². The van der Waals surface area contributed by atoms with Crippen LogP contribution in [-0.4, -0.2) is 22.2 Å². The highest BCUT2D eigenvalue weighted by molar-refractivity contribution is 6.12. The molecule has 0 aliphatic rings. The third-order valence-corrected chi connectivity index (χ3v) is 5.53. The SMILES string of the molecule is Cc1ccc(N(CCc2ccc(F)cc2)C(=O)c2c3ccccc3nn2C)cc1C. The highest BCUT2D eigenvalue weighted by Gasteiger charge is 2.24. The second-order valence-corrected chi connectivity index (χ2v) is 7.59. The third kappa shape index (κ3) is 3.83. The molecule has 0 radical (unpaired) electrons. The van der Waals surface area contributed by atoms with E-state index in [9.17, 15) is 9.18 Å². The topological polar surface area (TPSA) is 38.1 Å². The lowest BCUT2D eigenvalue weighted by molar-refractivity contribution is 0.0980. The Labute approximate surface area is 175 Å². The maximum atomic E-state index is 13.7. The normalized spacial score (nSPS) is 11.1. The van der Waals surface area contributed by atoms with Gasteiger partial charge in [-0.3, -0.25) is 9.48 Å². The molecule has 4 rings (SSSR count). The number of amides is 1. The first kappa shape index (κ1) is 19.8. The number of carbonyl (C=O) groups excluding carboxylic acids is 1. The van der Waals surface area contributed by atoms with Crippen LogP contribution in [0, 0.1) is 19.7 Å². The molecule has 1 heterocycles. The van der Waals surface area contributed by atoms with Crippen molar-refractivity contribution in [2.24, 2.45) is 7.05 Å². The van der Waals surface area contributed by atoms with Crippen molar-refractivity contribution in [3.05, 3.63) is 94.9 Å². The summed E-state index contributed by atoms with van der Waals surface area (Å²) in [5, 5.41) is 5.33. The Kier molecular flexibility index (Phi) is 5.36. The Bertz CT molecular complexity index is 1210. The van der Waals surface area contributed by atoms with Crippen LogP contribution >= 0.6 is 0 Å². The molecule has 30 heavy (non-hydrogen) atoms. The molecule has 1 aromatic heterocycles. The minimum Gasteiger partial charge on any atom is -0.307 e. The second kappa shape index (κ2) is 8.11. The molecular formula is C25H24FN3O. The number of hydrogen-bond donors (Lipinski definition) is 0. The molecule has 0 atom stereocenters. The predicted octanol–water partition coefficient (Wildman–Crippen LogP) is 5.22. The zero-order chi connectivity index (χ0) is 21.3. The van der Waals surface area contributed by atoms with E-state index in [1.54, 1.807) is 28.8 Å². The summed E-state index contributed by atoms with van der Waals surface area (Å²) in [6.45, 7) is 4.58. The summed E-state index contributed by atoms with van der Waals surface area (Å²) in [6, 6.07) is 20.1. The Morgan fingerprint density at radius 1 is 1.00 bits per heavy atom. The van der Waals surface area contributed by atoms with Gasteiger partial charge in [0.2, 0.25) is 0 Å². The summed E-state index contributed by atoms with van der Waals surface area (Å²) in [6.07, 6.45) is 0.620.